The first-order valence-electron chi connectivity index (χ1n) is 8.79. The van der Waals surface area contributed by atoms with Crippen LogP contribution >= 0.6 is 0 Å². The molecule has 0 amide bonds. The minimum atomic E-state index is 1.01. The zero-order valence-corrected chi connectivity index (χ0v) is 13.9. The molecule has 1 aromatic heterocycles. The lowest BCUT2D eigenvalue weighted by molar-refractivity contribution is 0.661. The Morgan fingerprint density at radius 3 is 2.12 bits per heavy atom. The Labute approximate surface area is 141 Å². The Balaban J connectivity index is 1.79. The van der Waals surface area contributed by atoms with Gasteiger partial charge in [-0.3, -0.25) is 0 Å². The molecule has 118 valence electrons. The fraction of sp³-hybridized carbons (Fsp3) is 0.217. The lowest BCUT2D eigenvalue weighted by Crippen LogP contribution is -1.98. The first-order valence-corrected chi connectivity index (χ1v) is 8.79. The van der Waals surface area contributed by atoms with Crippen LogP contribution in [0.1, 0.15) is 27.8 Å². The summed E-state index contributed by atoms with van der Waals surface area (Å²) >= 11 is 0. The van der Waals surface area contributed by atoms with E-state index in [-0.39, 0.29) is 0 Å². The molecule has 1 heterocycles. The third-order valence-corrected chi connectivity index (χ3v) is 5.33. The van der Waals surface area contributed by atoms with E-state index in [1.807, 2.05) is 0 Å². The van der Waals surface area contributed by atoms with Gasteiger partial charge in [0.2, 0.25) is 0 Å². The monoisotopic (exact) mass is 312 g/mol. The first kappa shape index (κ1) is 13.9. The molecule has 0 aliphatic heterocycles. The van der Waals surface area contributed by atoms with E-state index in [1.165, 1.54) is 38.6 Å². The lowest BCUT2D eigenvalue weighted by Gasteiger charge is -2.11. The number of fused-ring (bicyclic) bond motifs is 1. The van der Waals surface area contributed by atoms with Crippen LogP contribution in [-0.2, 0) is 25.7 Å². The summed E-state index contributed by atoms with van der Waals surface area (Å²) in [5.74, 6) is 0. The van der Waals surface area contributed by atoms with E-state index in [4.69, 9.17) is 4.42 Å². The number of furan rings is 1. The molecule has 8 rings (SSSR count). The Morgan fingerprint density at radius 2 is 1.38 bits per heavy atom. The summed E-state index contributed by atoms with van der Waals surface area (Å²) in [4.78, 5) is 0. The van der Waals surface area contributed by atoms with E-state index in [0.717, 1.165) is 36.8 Å². The molecule has 4 aliphatic carbocycles. The van der Waals surface area contributed by atoms with E-state index in [0.29, 0.717) is 0 Å². The van der Waals surface area contributed by atoms with Crippen molar-refractivity contribution in [3.8, 4) is 0 Å². The predicted molar refractivity (Wildman–Crippen MR) is 99.7 cm³/mol. The average molecular weight is 312 g/mol. The Hall–Kier alpha value is -2.54. The molecule has 0 unspecified atom stereocenters. The van der Waals surface area contributed by atoms with Gasteiger partial charge in [-0.1, -0.05) is 48.0 Å². The summed E-state index contributed by atoms with van der Waals surface area (Å²) in [7, 11) is 0. The van der Waals surface area contributed by atoms with Crippen molar-refractivity contribution < 1.29 is 4.42 Å². The first-order chi connectivity index (χ1) is 11.8. The van der Waals surface area contributed by atoms with Crippen LogP contribution in [-0.4, -0.2) is 0 Å². The summed E-state index contributed by atoms with van der Waals surface area (Å²) in [6, 6.07) is 20.3. The maximum Gasteiger partial charge on any atom is 0.138 e. The summed E-state index contributed by atoms with van der Waals surface area (Å²) in [6.45, 7) is 2.15. The van der Waals surface area contributed by atoms with Crippen LogP contribution in [0.4, 0.5) is 0 Å². The van der Waals surface area contributed by atoms with Crippen molar-refractivity contribution in [3.63, 3.8) is 0 Å². The van der Waals surface area contributed by atoms with E-state index < -0.39 is 0 Å². The van der Waals surface area contributed by atoms with Gasteiger partial charge in [0.1, 0.15) is 11.2 Å². The van der Waals surface area contributed by atoms with Gasteiger partial charge < -0.3 is 4.42 Å². The molecule has 4 aliphatic rings. The van der Waals surface area contributed by atoms with Crippen molar-refractivity contribution in [2.75, 3.05) is 0 Å². The van der Waals surface area contributed by atoms with Crippen LogP contribution in [0, 0.1) is 6.92 Å². The molecule has 24 heavy (non-hydrogen) atoms. The summed E-state index contributed by atoms with van der Waals surface area (Å²) < 4.78 is 6.30. The lowest BCUT2D eigenvalue weighted by atomic mass is 9.93. The van der Waals surface area contributed by atoms with Crippen molar-refractivity contribution in [3.05, 3.63) is 82.4 Å². The smallest absolute Gasteiger partial charge is 0.138 e. The van der Waals surface area contributed by atoms with Gasteiger partial charge in [0.25, 0.3) is 0 Å². The van der Waals surface area contributed by atoms with Gasteiger partial charge in [-0.25, -0.2) is 0 Å². The molecule has 4 aromatic rings. The number of aryl methyl sites for hydroxylation is 5. The number of hydrogen-bond donors (Lipinski definition) is 0. The van der Waals surface area contributed by atoms with Crippen LogP contribution in [0.15, 0.2) is 59.0 Å². The van der Waals surface area contributed by atoms with Gasteiger partial charge >= 0.3 is 0 Å². The van der Waals surface area contributed by atoms with Gasteiger partial charge in [0.05, 0.1) is 0 Å². The fourth-order valence-corrected chi connectivity index (χ4v) is 3.95. The minimum absolute atomic E-state index is 1.01. The van der Waals surface area contributed by atoms with Crippen LogP contribution < -0.4 is 0 Å². The second kappa shape index (κ2) is 5.24. The maximum absolute atomic E-state index is 6.30. The molecule has 0 spiro atoms. The molecule has 0 N–H and O–H groups in total. The standard InChI is InChI=1S/C23H20O/c1-15-2-13-21-20(14-15)22-18-9-7-16-3-5-17(6-4-16)8-10-19(12-11-18)23(22)24-21/h2-6,11-14H,7-10H2,1H3. The normalized spacial score (nSPS) is 14.2. The highest BCUT2D eigenvalue weighted by molar-refractivity contribution is 6.08. The van der Waals surface area contributed by atoms with Gasteiger partial charge in [0, 0.05) is 10.8 Å². The van der Waals surface area contributed by atoms with Crippen LogP contribution in [0.2, 0.25) is 0 Å². The molecule has 4 bridgehead atoms. The highest BCUT2D eigenvalue weighted by Crippen LogP contribution is 2.35. The average Bonchev–Trinajstić information content (AvgIpc) is 2.96. The van der Waals surface area contributed by atoms with Crippen LogP contribution in [0.25, 0.3) is 21.9 Å². The van der Waals surface area contributed by atoms with E-state index in [9.17, 15) is 0 Å². The largest absolute Gasteiger partial charge is 0.456 e. The minimum Gasteiger partial charge on any atom is -0.456 e. The van der Waals surface area contributed by atoms with Gasteiger partial charge in [-0.15, -0.1) is 0 Å². The van der Waals surface area contributed by atoms with Crippen molar-refractivity contribution >= 4 is 21.9 Å². The van der Waals surface area contributed by atoms with Gasteiger partial charge in [0.15, 0.2) is 0 Å². The van der Waals surface area contributed by atoms with Crippen molar-refractivity contribution in [2.24, 2.45) is 0 Å². The maximum atomic E-state index is 6.30. The summed E-state index contributed by atoms with van der Waals surface area (Å²) in [5, 5.41) is 2.61. The number of benzene rings is 3. The number of hydrogen-bond acceptors (Lipinski definition) is 1. The van der Waals surface area contributed by atoms with E-state index in [1.54, 1.807) is 0 Å². The zero-order valence-electron chi connectivity index (χ0n) is 13.9. The van der Waals surface area contributed by atoms with E-state index in [2.05, 4.69) is 61.5 Å². The molecular formula is C23H20O. The number of rotatable bonds is 0. The molecule has 0 saturated carbocycles. The van der Waals surface area contributed by atoms with Crippen molar-refractivity contribution in [1.29, 1.82) is 0 Å². The summed E-state index contributed by atoms with van der Waals surface area (Å²) in [6.07, 6.45) is 4.21. The van der Waals surface area contributed by atoms with Crippen LogP contribution in [0.3, 0.4) is 0 Å². The highest BCUT2D eigenvalue weighted by Gasteiger charge is 2.16. The van der Waals surface area contributed by atoms with Crippen molar-refractivity contribution in [2.45, 2.75) is 32.6 Å². The topological polar surface area (TPSA) is 13.1 Å². The zero-order chi connectivity index (χ0) is 16.1. The second-order valence-electron chi connectivity index (χ2n) is 7.01. The van der Waals surface area contributed by atoms with Crippen LogP contribution in [0.5, 0.6) is 0 Å². The molecule has 3 aromatic carbocycles. The second-order valence-corrected chi connectivity index (χ2v) is 7.01. The van der Waals surface area contributed by atoms with Gasteiger partial charge in [-0.05, 0) is 67.0 Å². The fourth-order valence-electron chi connectivity index (χ4n) is 3.95. The quantitative estimate of drug-likeness (QED) is 0.401. The molecule has 0 fully saturated rings. The van der Waals surface area contributed by atoms with E-state index >= 15 is 0 Å². The molecule has 0 atom stereocenters. The SMILES string of the molecule is Cc1ccc2oc3c4ccc(c3c2c1)CCc1ccc(cc1)CC4. The molecule has 1 heteroatoms. The molecule has 0 radical (unpaired) electrons. The highest BCUT2D eigenvalue weighted by atomic mass is 16.3. The summed E-state index contributed by atoms with van der Waals surface area (Å²) in [5.41, 5.74) is 8.96. The predicted octanol–water partition coefficient (Wildman–Crippen LogP) is 5.78. The molecule has 1 nitrogen and oxygen atoms in total. The molecular weight excluding hydrogens is 292 g/mol. The third kappa shape index (κ3) is 2.16. The van der Waals surface area contributed by atoms with Gasteiger partial charge in [-0.2, -0.15) is 0 Å². The molecule has 0 saturated heterocycles. The third-order valence-electron chi connectivity index (χ3n) is 5.33. The Morgan fingerprint density at radius 1 is 0.708 bits per heavy atom. The Bertz CT molecular complexity index is 1050. The Kier molecular flexibility index (Phi) is 3.02. The van der Waals surface area contributed by atoms with Crippen molar-refractivity contribution in [1.82, 2.24) is 0 Å².